The van der Waals surface area contributed by atoms with Gasteiger partial charge in [-0.05, 0) is 30.3 Å². The number of hydrogen-bond donors (Lipinski definition) is 0. The van der Waals surface area contributed by atoms with E-state index in [0.717, 1.165) is 15.9 Å². The molecule has 0 fully saturated rings. The summed E-state index contributed by atoms with van der Waals surface area (Å²) in [7, 11) is 0. The maximum absolute atomic E-state index is 6.36. The second-order valence-corrected chi connectivity index (χ2v) is 5.71. The molecule has 2 aromatic carbocycles. The van der Waals surface area contributed by atoms with E-state index in [-0.39, 0.29) is 0 Å². The van der Waals surface area contributed by atoms with Crippen molar-refractivity contribution in [1.82, 2.24) is 4.98 Å². The number of halogens is 1. The number of pyridine rings is 1. The fourth-order valence-electron chi connectivity index (χ4n) is 2.43. The minimum Gasteiger partial charge on any atom is -0.256 e. The summed E-state index contributed by atoms with van der Waals surface area (Å²) in [4.78, 5) is 4.41. The molecule has 0 unspecified atom stereocenters. The van der Waals surface area contributed by atoms with Crippen LogP contribution in [0, 0.1) is 0 Å². The van der Waals surface area contributed by atoms with Crippen molar-refractivity contribution in [3.63, 3.8) is 0 Å². The molecule has 1 nitrogen and oxygen atoms in total. The average Bonchev–Trinajstić information content (AvgIpc) is 2.79. The predicted molar refractivity (Wildman–Crippen MR) is 79.6 cm³/mol. The van der Waals surface area contributed by atoms with Gasteiger partial charge in [-0.3, -0.25) is 4.98 Å². The molecule has 0 saturated heterocycles. The average molecular weight is 270 g/mol. The van der Waals surface area contributed by atoms with E-state index in [4.69, 9.17) is 11.6 Å². The number of aromatic nitrogens is 1. The van der Waals surface area contributed by atoms with Crippen LogP contribution in [-0.4, -0.2) is 4.98 Å². The summed E-state index contributed by atoms with van der Waals surface area (Å²) in [5.74, 6) is 0. The van der Waals surface area contributed by atoms with Crippen molar-refractivity contribution in [3.8, 4) is 0 Å². The largest absolute Gasteiger partial charge is 0.256 e. The Bertz CT molecular complexity index is 895. The lowest BCUT2D eigenvalue weighted by Crippen LogP contribution is -1.78. The van der Waals surface area contributed by atoms with Gasteiger partial charge in [-0.25, -0.2) is 0 Å². The van der Waals surface area contributed by atoms with E-state index in [0.29, 0.717) is 0 Å². The monoisotopic (exact) mass is 269 g/mol. The first-order valence-corrected chi connectivity index (χ1v) is 6.88. The molecular formula is C15H8ClNS. The van der Waals surface area contributed by atoms with Crippen molar-refractivity contribution in [2.45, 2.75) is 0 Å². The molecular weight excluding hydrogens is 262 g/mol. The molecule has 0 aliphatic carbocycles. The van der Waals surface area contributed by atoms with Gasteiger partial charge >= 0.3 is 0 Å². The quantitative estimate of drug-likeness (QED) is 0.424. The SMILES string of the molecule is Clc1cccc2sc3ccc4ncccc4c3c12. The third kappa shape index (κ3) is 1.30. The molecule has 18 heavy (non-hydrogen) atoms. The van der Waals surface area contributed by atoms with Crippen LogP contribution in [0.25, 0.3) is 31.1 Å². The lowest BCUT2D eigenvalue weighted by molar-refractivity contribution is 1.42. The topological polar surface area (TPSA) is 12.9 Å². The molecule has 0 atom stereocenters. The standard InChI is InChI=1S/C15H8ClNS/c16-10-4-1-5-12-15(10)14-9-3-2-8-17-11(9)6-7-13(14)18-12/h1-8H. The Hall–Kier alpha value is -1.64. The third-order valence-electron chi connectivity index (χ3n) is 3.19. The van der Waals surface area contributed by atoms with Gasteiger partial charge in [-0.15, -0.1) is 11.3 Å². The zero-order chi connectivity index (χ0) is 12.1. The summed E-state index contributed by atoms with van der Waals surface area (Å²) in [6, 6.07) is 14.4. The molecule has 0 saturated carbocycles. The maximum atomic E-state index is 6.36. The highest BCUT2D eigenvalue weighted by atomic mass is 35.5. The highest BCUT2D eigenvalue weighted by Gasteiger charge is 2.11. The number of hydrogen-bond acceptors (Lipinski definition) is 2. The fraction of sp³-hybridized carbons (Fsp3) is 0. The van der Waals surface area contributed by atoms with Crippen LogP contribution in [0.15, 0.2) is 48.7 Å². The normalized spacial score (nSPS) is 11.6. The summed E-state index contributed by atoms with van der Waals surface area (Å²) < 4.78 is 2.49. The van der Waals surface area contributed by atoms with Crippen molar-refractivity contribution < 1.29 is 0 Å². The van der Waals surface area contributed by atoms with Crippen LogP contribution in [-0.2, 0) is 0 Å². The number of nitrogens with zero attached hydrogens (tertiary/aromatic N) is 1. The molecule has 2 heterocycles. The van der Waals surface area contributed by atoms with Gasteiger partial charge < -0.3 is 0 Å². The summed E-state index contributed by atoms with van der Waals surface area (Å²) in [5, 5.41) is 4.37. The van der Waals surface area contributed by atoms with E-state index >= 15 is 0 Å². The van der Waals surface area contributed by atoms with Crippen molar-refractivity contribution >= 4 is 54.0 Å². The third-order valence-corrected chi connectivity index (χ3v) is 4.63. The van der Waals surface area contributed by atoms with Crippen molar-refractivity contribution in [2.75, 3.05) is 0 Å². The number of fused-ring (bicyclic) bond motifs is 5. The molecule has 86 valence electrons. The second-order valence-electron chi connectivity index (χ2n) is 4.22. The van der Waals surface area contributed by atoms with Crippen molar-refractivity contribution in [3.05, 3.63) is 53.7 Å². The van der Waals surface area contributed by atoms with Crippen LogP contribution in [0.4, 0.5) is 0 Å². The number of benzene rings is 2. The van der Waals surface area contributed by atoms with Gasteiger partial charge in [0.1, 0.15) is 0 Å². The molecule has 2 aromatic heterocycles. The molecule has 3 heteroatoms. The van der Waals surface area contributed by atoms with Crippen LogP contribution in [0.1, 0.15) is 0 Å². The summed E-state index contributed by atoms with van der Waals surface area (Å²) in [6.07, 6.45) is 1.82. The molecule has 0 amide bonds. The van der Waals surface area contributed by atoms with Gasteiger partial charge in [0, 0.05) is 36.8 Å². The van der Waals surface area contributed by atoms with Gasteiger partial charge in [-0.2, -0.15) is 0 Å². The zero-order valence-electron chi connectivity index (χ0n) is 9.35. The fourth-order valence-corrected chi connectivity index (χ4v) is 3.90. The molecule has 0 aliphatic rings. The Morgan fingerprint density at radius 2 is 1.78 bits per heavy atom. The van der Waals surface area contributed by atoms with E-state index in [1.54, 1.807) is 11.3 Å². The Balaban J connectivity index is 2.40. The van der Waals surface area contributed by atoms with Gasteiger partial charge in [0.25, 0.3) is 0 Å². The summed E-state index contributed by atoms with van der Waals surface area (Å²) in [6.45, 7) is 0. The molecule has 4 rings (SSSR count). The predicted octanol–water partition coefficient (Wildman–Crippen LogP) is 5.26. The highest BCUT2D eigenvalue weighted by Crippen LogP contribution is 2.40. The van der Waals surface area contributed by atoms with Crippen LogP contribution in [0.2, 0.25) is 5.02 Å². The van der Waals surface area contributed by atoms with Crippen molar-refractivity contribution in [1.29, 1.82) is 0 Å². The smallest absolute Gasteiger partial charge is 0.0709 e. The second kappa shape index (κ2) is 3.67. The highest BCUT2D eigenvalue weighted by molar-refractivity contribution is 7.26. The number of thiophene rings is 1. The zero-order valence-corrected chi connectivity index (χ0v) is 10.9. The van der Waals surface area contributed by atoms with Crippen LogP contribution < -0.4 is 0 Å². The van der Waals surface area contributed by atoms with Crippen LogP contribution in [0.3, 0.4) is 0 Å². The molecule has 0 bridgehead atoms. The van der Waals surface area contributed by atoms with E-state index in [1.807, 2.05) is 24.4 Å². The number of rotatable bonds is 0. The maximum Gasteiger partial charge on any atom is 0.0709 e. The van der Waals surface area contributed by atoms with E-state index in [2.05, 4.69) is 29.2 Å². The molecule has 0 radical (unpaired) electrons. The van der Waals surface area contributed by atoms with Gasteiger partial charge in [0.15, 0.2) is 0 Å². The molecule has 0 N–H and O–H groups in total. The first kappa shape index (κ1) is 10.3. The molecule has 0 spiro atoms. The van der Waals surface area contributed by atoms with Gasteiger partial charge in [-0.1, -0.05) is 23.7 Å². The first-order chi connectivity index (χ1) is 8.84. The van der Waals surface area contributed by atoms with Gasteiger partial charge in [0.2, 0.25) is 0 Å². The molecule has 0 aliphatic heterocycles. The van der Waals surface area contributed by atoms with Crippen LogP contribution in [0.5, 0.6) is 0 Å². The van der Waals surface area contributed by atoms with Crippen LogP contribution >= 0.6 is 22.9 Å². The first-order valence-electron chi connectivity index (χ1n) is 5.69. The Labute approximate surface area is 113 Å². The Morgan fingerprint density at radius 1 is 0.889 bits per heavy atom. The van der Waals surface area contributed by atoms with E-state index in [9.17, 15) is 0 Å². The van der Waals surface area contributed by atoms with E-state index < -0.39 is 0 Å². The lowest BCUT2D eigenvalue weighted by Gasteiger charge is -2.00. The lowest BCUT2D eigenvalue weighted by atomic mass is 10.1. The van der Waals surface area contributed by atoms with E-state index in [1.165, 1.54) is 20.2 Å². The van der Waals surface area contributed by atoms with Gasteiger partial charge in [0.05, 0.1) is 5.52 Å². The minimum absolute atomic E-state index is 0.815. The Morgan fingerprint density at radius 3 is 2.72 bits per heavy atom. The molecule has 4 aromatic rings. The van der Waals surface area contributed by atoms with Crippen molar-refractivity contribution in [2.24, 2.45) is 0 Å². The summed E-state index contributed by atoms with van der Waals surface area (Å²) >= 11 is 8.14. The minimum atomic E-state index is 0.815. The Kier molecular flexibility index (Phi) is 2.10. The summed E-state index contributed by atoms with van der Waals surface area (Å²) in [5.41, 5.74) is 1.02.